The first kappa shape index (κ1) is 14.4. The van der Waals surface area contributed by atoms with Crippen LogP contribution in [0.2, 0.25) is 0 Å². The van der Waals surface area contributed by atoms with Gasteiger partial charge in [0.2, 0.25) is 0 Å². The monoisotopic (exact) mass is 305 g/mol. The van der Waals surface area contributed by atoms with Gasteiger partial charge in [-0.1, -0.05) is 25.1 Å². The van der Waals surface area contributed by atoms with Crippen LogP contribution in [0.1, 0.15) is 44.0 Å². The van der Waals surface area contributed by atoms with E-state index in [1.165, 1.54) is 40.0 Å². The molecule has 2 aromatic rings. The molecule has 0 radical (unpaired) electrons. The second kappa shape index (κ2) is 6.50. The molecule has 1 aliphatic carbocycles. The van der Waals surface area contributed by atoms with Crippen molar-refractivity contribution in [2.45, 2.75) is 50.4 Å². The summed E-state index contributed by atoms with van der Waals surface area (Å²) in [6.45, 7) is 4.58. The zero-order valence-corrected chi connectivity index (χ0v) is 13.9. The molecule has 3 atom stereocenters. The Kier molecular flexibility index (Phi) is 4.69. The van der Waals surface area contributed by atoms with Gasteiger partial charge in [-0.25, -0.2) is 0 Å². The summed E-state index contributed by atoms with van der Waals surface area (Å²) in [7, 11) is 0. The van der Waals surface area contributed by atoms with Crippen molar-refractivity contribution in [1.82, 2.24) is 5.32 Å². The smallest absolute Gasteiger partial charge is 0.0388 e. The van der Waals surface area contributed by atoms with Gasteiger partial charge in [-0.15, -0.1) is 11.3 Å². The maximum Gasteiger partial charge on any atom is 0.0388 e. The van der Waals surface area contributed by atoms with E-state index in [2.05, 4.69) is 61.3 Å². The number of rotatable bonds is 5. The molecule has 1 N–H and O–H groups in total. The van der Waals surface area contributed by atoms with E-state index in [4.69, 9.17) is 0 Å². The first-order chi connectivity index (χ1) is 9.76. The van der Waals surface area contributed by atoms with Gasteiger partial charge in [-0.2, -0.15) is 11.8 Å². The lowest BCUT2D eigenvalue weighted by atomic mass is 10.2. The standard InChI is InChI=1S/C17H23NS2/c1-3-19-15-9-8-14(11-15)18-12(2)17-10-13-6-4-5-7-16(13)20-17/h4-7,10,12,14-15,18H,3,8-9,11H2,1-2H3. The lowest BCUT2D eigenvalue weighted by molar-refractivity contribution is 0.466. The Morgan fingerprint density at radius 2 is 2.20 bits per heavy atom. The van der Waals surface area contributed by atoms with Crippen LogP contribution in [-0.4, -0.2) is 17.0 Å². The highest BCUT2D eigenvalue weighted by atomic mass is 32.2. The molecule has 1 aromatic heterocycles. The SMILES string of the molecule is CCSC1CCC(NC(C)c2cc3ccccc3s2)C1. The molecule has 1 nitrogen and oxygen atoms in total. The average molecular weight is 306 g/mol. The first-order valence-electron chi connectivity index (χ1n) is 7.62. The normalized spacial score (nSPS) is 24.3. The fourth-order valence-electron chi connectivity index (χ4n) is 3.13. The van der Waals surface area contributed by atoms with Gasteiger partial charge in [0, 0.05) is 26.9 Å². The van der Waals surface area contributed by atoms with E-state index in [0.717, 1.165) is 5.25 Å². The average Bonchev–Trinajstić information content (AvgIpc) is 3.05. The summed E-state index contributed by atoms with van der Waals surface area (Å²) in [6.07, 6.45) is 4.07. The van der Waals surface area contributed by atoms with Crippen LogP contribution in [-0.2, 0) is 0 Å². The summed E-state index contributed by atoms with van der Waals surface area (Å²) in [5.74, 6) is 1.25. The molecule has 1 aromatic carbocycles. The zero-order chi connectivity index (χ0) is 13.9. The largest absolute Gasteiger partial charge is 0.307 e. The van der Waals surface area contributed by atoms with Gasteiger partial charge >= 0.3 is 0 Å². The van der Waals surface area contributed by atoms with E-state index in [-0.39, 0.29) is 0 Å². The maximum absolute atomic E-state index is 3.84. The lowest BCUT2D eigenvalue weighted by Gasteiger charge is -2.18. The van der Waals surface area contributed by atoms with Gasteiger partial charge in [0.15, 0.2) is 0 Å². The predicted molar refractivity (Wildman–Crippen MR) is 92.9 cm³/mol. The number of thioether (sulfide) groups is 1. The number of benzene rings is 1. The molecule has 3 unspecified atom stereocenters. The molecule has 0 spiro atoms. The number of hydrogen-bond acceptors (Lipinski definition) is 3. The highest BCUT2D eigenvalue weighted by Gasteiger charge is 2.25. The number of hydrogen-bond donors (Lipinski definition) is 1. The molecule has 1 saturated carbocycles. The lowest BCUT2D eigenvalue weighted by Crippen LogP contribution is -2.29. The topological polar surface area (TPSA) is 12.0 Å². The number of fused-ring (bicyclic) bond motifs is 1. The molecule has 20 heavy (non-hydrogen) atoms. The number of nitrogens with one attached hydrogen (secondary N) is 1. The minimum atomic E-state index is 0.475. The van der Waals surface area contributed by atoms with Crippen LogP contribution < -0.4 is 5.32 Å². The van der Waals surface area contributed by atoms with Crippen LogP contribution in [0.15, 0.2) is 30.3 Å². The molecule has 0 amide bonds. The van der Waals surface area contributed by atoms with Crippen molar-refractivity contribution in [2.75, 3.05) is 5.75 Å². The number of thiophene rings is 1. The summed E-state index contributed by atoms with van der Waals surface area (Å²) in [5, 5.41) is 6.10. The zero-order valence-electron chi connectivity index (χ0n) is 12.3. The van der Waals surface area contributed by atoms with Crippen LogP contribution in [0.3, 0.4) is 0 Å². The van der Waals surface area contributed by atoms with E-state index < -0.39 is 0 Å². The van der Waals surface area contributed by atoms with E-state index in [0.29, 0.717) is 12.1 Å². The third-order valence-corrected chi connectivity index (χ3v) is 6.68. The molecule has 1 heterocycles. The summed E-state index contributed by atoms with van der Waals surface area (Å²) >= 11 is 4.06. The van der Waals surface area contributed by atoms with Crippen LogP contribution in [0.25, 0.3) is 10.1 Å². The van der Waals surface area contributed by atoms with Crippen molar-refractivity contribution in [2.24, 2.45) is 0 Å². The van der Waals surface area contributed by atoms with Crippen molar-refractivity contribution in [3.63, 3.8) is 0 Å². The van der Waals surface area contributed by atoms with Gasteiger partial charge in [0.05, 0.1) is 0 Å². The Hall–Kier alpha value is -0.510. The van der Waals surface area contributed by atoms with Crippen molar-refractivity contribution in [3.8, 4) is 0 Å². The Morgan fingerprint density at radius 3 is 3.00 bits per heavy atom. The fraction of sp³-hybridized carbons (Fsp3) is 0.529. The van der Waals surface area contributed by atoms with Gasteiger partial charge in [0.1, 0.15) is 0 Å². The molecule has 3 heteroatoms. The molecule has 108 valence electrons. The highest BCUT2D eigenvalue weighted by molar-refractivity contribution is 7.99. The minimum Gasteiger partial charge on any atom is -0.307 e. The summed E-state index contributed by atoms with van der Waals surface area (Å²) in [5.41, 5.74) is 0. The minimum absolute atomic E-state index is 0.475. The van der Waals surface area contributed by atoms with Gasteiger partial charge in [-0.05, 0) is 49.5 Å². The fourth-order valence-corrected chi connectivity index (χ4v) is 5.35. The second-order valence-corrected chi connectivity index (χ2v) is 8.35. The third kappa shape index (κ3) is 3.21. The summed E-state index contributed by atoms with van der Waals surface area (Å²) in [4.78, 5) is 1.47. The van der Waals surface area contributed by atoms with Gasteiger partial charge in [0.25, 0.3) is 0 Å². The molecular weight excluding hydrogens is 282 g/mol. The molecular formula is C17H23NS2. The maximum atomic E-state index is 3.84. The van der Waals surface area contributed by atoms with Crippen LogP contribution in [0.5, 0.6) is 0 Å². The molecule has 3 rings (SSSR count). The molecule has 1 aliphatic rings. The van der Waals surface area contributed by atoms with Crippen LogP contribution in [0, 0.1) is 0 Å². The van der Waals surface area contributed by atoms with E-state index in [1.54, 1.807) is 0 Å². The van der Waals surface area contributed by atoms with E-state index in [1.807, 2.05) is 11.3 Å². The van der Waals surface area contributed by atoms with Crippen molar-refractivity contribution >= 4 is 33.2 Å². The summed E-state index contributed by atoms with van der Waals surface area (Å²) in [6, 6.07) is 12.2. The van der Waals surface area contributed by atoms with Crippen LogP contribution in [0.4, 0.5) is 0 Å². The van der Waals surface area contributed by atoms with Crippen molar-refractivity contribution in [3.05, 3.63) is 35.2 Å². The van der Waals surface area contributed by atoms with E-state index in [9.17, 15) is 0 Å². The van der Waals surface area contributed by atoms with Crippen LogP contribution >= 0.6 is 23.1 Å². The third-order valence-electron chi connectivity index (χ3n) is 4.14. The Balaban J connectivity index is 1.63. The quantitative estimate of drug-likeness (QED) is 0.812. The molecule has 1 fully saturated rings. The Bertz CT molecular complexity index is 530. The van der Waals surface area contributed by atoms with Crippen molar-refractivity contribution in [1.29, 1.82) is 0 Å². The second-order valence-electron chi connectivity index (χ2n) is 5.66. The molecule has 0 saturated heterocycles. The Morgan fingerprint density at radius 1 is 1.35 bits per heavy atom. The van der Waals surface area contributed by atoms with Gasteiger partial charge in [-0.3, -0.25) is 0 Å². The molecule has 0 aliphatic heterocycles. The predicted octanol–water partition coefficient (Wildman–Crippen LogP) is 5.23. The van der Waals surface area contributed by atoms with Gasteiger partial charge < -0.3 is 5.32 Å². The van der Waals surface area contributed by atoms with E-state index >= 15 is 0 Å². The first-order valence-corrected chi connectivity index (χ1v) is 9.49. The highest BCUT2D eigenvalue weighted by Crippen LogP contribution is 2.33. The Labute approximate surface area is 130 Å². The summed E-state index contributed by atoms with van der Waals surface area (Å²) < 4.78 is 1.40. The molecule has 0 bridgehead atoms. The van der Waals surface area contributed by atoms with Crippen molar-refractivity contribution < 1.29 is 0 Å².